The predicted molar refractivity (Wildman–Crippen MR) is 42.2 cm³/mol. The molecule has 0 aliphatic heterocycles. The second-order valence-corrected chi connectivity index (χ2v) is 2.86. The molecule has 0 saturated carbocycles. The minimum atomic E-state index is -0.335. The standard InChI is InChI=1S/C9H12O2/c1-7(10)9(11)8-5-3-2-4-6-8/h5H,2-4,6H2,1H3. The van der Waals surface area contributed by atoms with E-state index in [0.717, 1.165) is 31.3 Å². The maximum Gasteiger partial charge on any atom is 0.223 e. The van der Waals surface area contributed by atoms with Crippen molar-refractivity contribution in [1.82, 2.24) is 0 Å². The molecule has 11 heavy (non-hydrogen) atoms. The maximum absolute atomic E-state index is 11.1. The first-order valence-electron chi connectivity index (χ1n) is 3.96. The zero-order valence-corrected chi connectivity index (χ0v) is 6.72. The molecule has 0 atom stereocenters. The average Bonchev–Trinajstić information content (AvgIpc) is 2.05. The zero-order chi connectivity index (χ0) is 8.27. The quantitative estimate of drug-likeness (QED) is 0.564. The Morgan fingerprint density at radius 1 is 1.36 bits per heavy atom. The zero-order valence-electron chi connectivity index (χ0n) is 6.72. The molecule has 0 aromatic heterocycles. The summed E-state index contributed by atoms with van der Waals surface area (Å²) < 4.78 is 0. The van der Waals surface area contributed by atoms with E-state index in [0.29, 0.717) is 0 Å². The summed E-state index contributed by atoms with van der Waals surface area (Å²) in [6.45, 7) is 1.33. The summed E-state index contributed by atoms with van der Waals surface area (Å²) in [5.74, 6) is -0.622. The van der Waals surface area contributed by atoms with Crippen LogP contribution in [-0.2, 0) is 9.59 Å². The van der Waals surface area contributed by atoms with Crippen molar-refractivity contribution in [3.05, 3.63) is 11.6 Å². The Labute approximate surface area is 66.3 Å². The molecule has 1 aliphatic rings. The van der Waals surface area contributed by atoms with E-state index in [2.05, 4.69) is 0 Å². The number of carbonyl (C=O) groups is 2. The number of carbonyl (C=O) groups excluding carboxylic acids is 2. The summed E-state index contributed by atoms with van der Waals surface area (Å²) in [5.41, 5.74) is 0.726. The molecule has 0 saturated heterocycles. The van der Waals surface area contributed by atoms with Crippen LogP contribution < -0.4 is 0 Å². The molecular weight excluding hydrogens is 140 g/mol. The fourth-order valence-corrected chi connectivity index (χ4v) is 1.27. The van der Waals surface area contributed by atoms with Gasteiger partial charge < -0.3 is 0 Å². The van der Waals surface area contributed by atoms with Crippen LogP contribution in [0.2, 0.25) is 0 Å². The molecule has 0 spiro atoms. The normalized spacial score (nSPS) is 17.4. The minimum Gasteiger partial charge on any atom is -0.291 e. The lowest BCUT2D eigenvalue weighted by atomic mass is 9.95. The maximum atomic E-state index is 11.1. The van der Waals surface area contributed by atoms with Gasteiger partial charge in [0.25, 0.3) is 0 Å². The molecule has 0 radical (unpaired) electrons. The van der Waals surface area contributed by atoms with Gasteiger partial charge in [0.2, 0.25) is 5.78 Å². The molecule has 1 aliphatic carbocycles. The van der Waals surface area contributed by atoms with Gasteiger partial charge in [-0.1, -0.05) is 6.08 Å². The van der Waals surface area contributed by atoms with Crippen LogP contribution in [0.25, 0.3) is 0 Å². The summed E-state index contributed by atoms with van der Waals surface area (Å²) in [6.07, 6.45) is 5.83. The van der Waals surface area contributed by atoms with Crippen LogP contribution in [-0.4, -0.2) is 11.6 Å². The van der Waals surface area contributed by atoms with Crippen molar-refractivity contribution in [1.29, 1.82) is 0 Å². The summed E-state index contributed by atoms with van der Waals surface area (Å²) in [5, 5.41) is 0. The third kappa shape index (κ3) is 2.00. The second-order valence-electron chi connectivity index (χ2n) is 2.86. The fraction of sp³-hybridized carbons (Fsp3) is 0.556. The van der Waals surface area contributed by atoms with Gasteiger partial charge in [-0.3, -0.25) is 9.59 Å². The van der Waals surface area contributed by atoms with E-state index in [1.54, 1.807) is 0 Å². The lowest BCUT2D eigenvalue weighted by Gasteiger charge is -2.08. The number of hydrogen-bond donors (Lipinski definition) is 0. The van der Waals surface area contributed by atoms with Crippen molar-refractivity contribution in [2.45, 2.75) is 32.6 Å². The highest BCUT2D eigenvalue weighted by atomic mass is 16.2. The Morgan fingerprint density at radius 2 is 2.09 bits per heavy atom. The SMILES string of the molecule is CC(=O)C(=O)C1=CCCCC1. The first-order valence-corrected chi connectivity index (χ1v) is 3.96. The topological polar surface area (TPSA) is 34.1 Å². The summed E-state index contributed by atoms with van der Waals surface area (Å²) in [6, 6.07) is 0. The van der Waals surface area contributed by atoms with Gasteiger partial charge in [-0.05, 0) is 31.3 Å². The molecular formula is C9H12O2. The van der Waals surface area contributed by atoms with Crippen LogP contribution in [0, 0.1) is 0 Å². The van der Waals surface area contributed by atoms with Crippen LogP contribution in [0.15, 0.2) is 11.6 Å². The van der Waals surface area contributed by atoms with E-state index < -0.39 is 0 Å². The lowest BCUT2D eigenvalue weighted by Crippen LogP contribution is -2.13. The first-order chi connectivity index (χ1) is 5.22. The van der Waals surface area contributed by atoms with Crippen molar-refractivity contribution in [2.75, 3.05) is 0 Å². The third-order valence-electron chi connectivity index (χ3n) is 1.90. The predicted octanol–water partition coefficient (Wildman–Crippen LogP) is 1.64. The van der Waals surface area contributed by atoms with E-state index in [-0.39, 0.29) is 11.6 Å². The summed E-state index contributed by atoms with van der Waals surface area (Å²) in [7, 11) is 0. The number of hydrogen-bond acceptors (Lipinski definition) is 2. The lowest BCUT2D eigenvalue weighted by molar-refractivity contribution is -0.133. The Kier molecular flexibility index (Phi) is 2.58. The molecule has 60 valence electrons. The summed E-state index contributed by atoms with van der Waals surface area (Å²) in [4.78, 5) is 21.7. The van der Waals surface area contributed by atoms with Crippen molar-refractivity contribution >= 4 is 11.6 Å². The highest BCUT2D eigenvalue weighted by Gasteiger charge is 2.15. The van der Waals surface area contributed by atoms with Crippen LogP contribution in [0.4, 0.5) is 0 Å². The monoisotopic (exact) mass is 152 g/mol. The van der Waals surface area contributed by atoms with E-state index in [1.165, 1.54) is 6.92 Å². The minimum absolute atomic E-state index is 0.287. The van der Waals surface area contributed by atoms with Crippen LogP contribution >= 0.6 is 0 Å². The first kappa shape index (κ1) is 8.18. The second kappa shape index (κ2) is 3.46. The number of Topliss-reactive ketones (excluding diaryl/α,β-unsaturated/α-hetero) is 2. The Bertz CT molecular complexity index is 214. The average molecular weight is 152 g/mol. The molecule has 0 amide bonds. The van der Waals surface area contributed by atoms with E-state index >= 15 is 0 Å². The van der Waals surface area contributed by atoms with E-state index in [4.69, 9.17) is 0 Å². The number of rotatable bonds is 2. The molecule has 1 rings (SSSR count). The van der Waals surface area contributed by atoms with E-state index in [9.17, 15) is 9.59 Å². The molecule has 2 nitrogen and oxygen atoms in total. The van der Waals surface area contributed by atoms with Gasteiger partial charge in [-0.15, -0.1) is 0 Å². The number of ketones is 2. The van der Waals surface area contributed by atoms with Gasteiger partial charge in [0.05, 0.1) is 0 Å². The van der Waals surface area contributed by atoms with Crippen LogP contribution in [0.3, 0.4) is 0 Å². The largest absolute Gasteiger partial charge is 0.291 e. The Balaban J connectivity index is 2.66. The number of allylic oxidation sites excluding steroid dienone is 2. The molecule has 0 bridgehead atoms. The molecule has 0 N–H and O–H groups in total. The summed E-state index contributed by atoms with van der Waals surface area (Å²) >= 11 is 0. The van der Waals surface area contributed by atoms with Gasteiger partial charge >= 0.3 is 0 Å². The van der Waals surface area contributed by atoms with Gasteiger partial charge in [0, 0.05) is 6.92 Å². The van der Waals surface area contributed by atoms with Crippen molar-refractivity contribution in [3.63, 3.8) is 0 Å². The van der Waals surface area contributed by atoms with Gasteiger partial charge in [-0.25, -0.2) is 0 Å². The van der Waals surface area contributed by atoms with Gasteiger partial charge in [0.15, 0.2) is 5.78 Å². The van der Waals surface area contributed by atoms with E-state index in [1.807, 2.05) is 6.08 Å². The Hall–Kier alpha value is -0.920. The smallest absolute Gasteiger partial charge is 0.223 e. The van der Waals surface area contributed by atoms with Crippen LogP contribution in [0.1, 0.15) is 32.6 Å². The van der Waals surface area contributed by atoms with Crippen molar-refractivity contribution in [3.8, 4) is 0 Å². The Morgan fingerprint density at radius 3 is 2.55 bits per heavy atom. The van der Waals surface area contributed by atoms with Gasteiger partial charge in [0.1, 0.15) is 0 Å². The highest BCUT2D eigenvalue weighted by Crippen LogP contribution is 2.17. The molecule has 0 heterocycles. The van der Waals surface area contributed by atoms with Gasteiger partial charge in [-0.2, -0.15) is 0 Å². The molecule has 0 aromatic carbocycles. The molecule has 0 aromatic rings. The van der Waals surface area contributed by atoms with Crippen molar-refractivity contribution < 1.29 is 9.59 Å². The fourth-order valence-electron chi connectivity index (χ4n) is 1.27. The third-order valence-corrected chi connectivity index (χ3v) is 1.90. The molecule has 0 fully saturated rings. The van der Waals surface area contributed by atoms with Crippen LogP contribution in [0.5, 0.6) is 0 Å². The van der Waals surface area contributed by atoms with Crippen molar-refractivity contribution in [2.24, 2.45) is 0 Å². The molecule has 0 unspecified atom stereocenters. The molecule has 2 heteroatoms. The highest BCUT2D eigenvalue weighted by molar-refractivity contribution is 6.42.